The zero-order chi connectivity index (χ0) is 31.1. The predicted octanol–water partition coefficient (Wildman–Crippen LogP) is 4.63. The number of amides is 2. The van der Waals surface area contributed by atoms with Gasteiger partial charge in [0.1, 0.15) is 23.2 Å². The third kappa shape index (κ3) is 8.48. The van der Waals surface area contributed by atoms with Gasteiger partial charge in [-0.1, -0.05) is 30.0 Å². The normalized spacial score (nSPS) is 13.0. The summed E-state index contributed by atoms with van der Waals surface area (Å²) in [6.45, 7) is 4.94. The molecule has 232 valence electrons. The first-order chi connectivity index (χ1) is 21.3. The van der Waals surface area contributed by atoms with Crippen LogP contribution in [-0.2, 0) is 17.1 Å². The molecule has 1 aliphatic rings. The van der Waals surface area contributed by atoms with Crippen molar-refractivity contribution in [3.63, 3.8) is 0 Å². The molecule has 1 saturated heterocycles. The number of nitrogens with two attached hydrogens (primary N) is 1. The molecular weight excluding hydrogens is 612 g/mol. The van der Waals surface area contributed by atoms with Crippen molar-refractivity contribution in [3.8, 4) is 23.1 Å². The highest BCUT2D eigenvalue weighted by Crippen LogP contribution is 2.29. The third-order valence-electron chi connectivity index (χ3n) is 7.10. The van der Waals surface area contributed by atoms with Gasteiger partial charge in [0.25, 0.3) is 5.91 Å². The van der Waals surface area contributed by atoms with Gasteiger partial charge in [0.05, 0.1) is 24.2 Å². The molecule has 1 aliphatic heterocycles. The van der Waals surface area contributed by atoms with Crippen molar-refractivity contribution in [1.29, 1.82) is 5.26 Å². The number of nitriles is 1. The van der Waals surface area contributed by atoms with E-state index in [0.717, 1.165) is 30.2 Å². The van der Waals surface area contributed by atoms with Crippen LogP contribution in [0.5, 0.6) is 5.75 Å². The summed E-state index contributed by atoms with van der Waals surface area (Å²) in [6, 6.07) is 22.3. The topological polar surface area (TPSA) is 150 Å². The molecule has 0 bridgehead atoms. The van der Waals surface area contributed by atoms with Crippen LogP contribution in [0.2, 0.25) is 0 Å². The zero-order valence-electron chi connectivity index (χ0n) is 24.9. The van der Waals surface area contributed by atoms with Crippen molar-refractivity contribution in [2.24, 2.45) is 0 Å². The molecule has 0 atom stereocenters. The number of nitrogen functional groups attached to an aromatic ring is 1. The number of nitrogens with one attached hydrogen (secondary N) is 1. The Morgan fingerprint density at radius 3 is 2.31 bits per heavy atom. The Bertz CT molecular complexity index is 1690. The summed E-state index contributed by atoms with van der Waals surface area (Å²) < 4.78 is 5.19. The number of rotatable bonds is 9. The first kappa shape index (κ1) is 33.2. The van der Waals surface area contributed by atoms with E-state index in [1.807, 2.05) is 23.1 Å². The summed E-state index contributed by atoms with van der Waals surface area (Å²) in [5.41, 5.74) is 10.6. The largest absolute Gasteiger partial charge is 0.497 e. The smallest absolute Gasteiger partial charge is 0.253 e. The monoisotopic (exact) mass is 644 g/mol. The molecule has 13 heteroatoms. The number of methoxy groups -OCH3 is 1. The van der Waals surface area contributed by atoms with E-state index in [2.05, 4.69) is 26.3 Å². The Labute approximate surface area is 272 Å². The van der Waals surface area contributed by atoms with Gasteiger partial charge in [0.15, 0.2) is 5.16 Å². The minimum atomic E-state index is -0.169. The molecule has 3 N–H and O–H groups in total. The SMILES string of the molecule is COc1ccc(C(=O)N2CCN(Cc3cccc(CSc4nc(N)c(C#N)c(-c5ccc(NC(C)=O)cc5)n4)n3)CC2)cc1.Cl. The molecule has 0 saturated carbocycles. The number of piperazine rings is 1. The van der Waals surface area contributed by atoms with Crippen LogP contribution in [0.15, 0.2) is 71.9 Å². The van der Waals surface area contributed by atoms with Crippen LogP contribution in [-0.4, -0.2) is 69.9 Å². The lowest BCUT2D eigenvalue weighted by Crippen LogP contribution is -2.48. The fraction of sp³-hybridized carbons (Fsp3) is 0.250. The van der Waals surface area contributed by atoms with Crippen LogP contribution in [0.1, 0.15) is 34.2 Å². The van der Waals surface area contributed by atoms with Gasteiger partial charge in [0, 0.05) is 62.2 Å². The molecule has 1 fully saturated rings. The van der Waals surface area contributed by atoms with Gasteiger partial charge in [-0.15, -0.1) is 12.4 Å². The van der Waals surface area contributed by atoms with E-state index in [9.17, 15) is 14.9 Å². The maximum atomic E-state index is 12.9. The number of pyridine rings is 1. The number of hydrogen-bond donors (Lipinski definition) is 2. The van der Waals surface area contributed by atoms with E-state index in [1.165, 1.54) is 18.7 Å². The number of carbonyl (C=O) groups is 2. The number of aromatic nitrogens is 3. The number of benzene rings is 2. The molecule has 4 aromatic rings. The van der Waals surface area contributed by atoms with Gasteiger partial charge in [0.2, 0.25) is 5.91 Å². The molecule has 11 nitrogen and oxygen atoms in total. The van der Waals surface area contributed by atoms with Crippen LogP contribution in [0, 0.1) is 11.3 Å². The van der Waals surface area contributed by atoms with Gasteiger partial charge in [-0.3, -0.25) is 19.5 Å². The Balaban J connectivity index is 0.00000461. The lowest BCUT2D eigenvalue weighted by molar-refractivity contribution is -0.114. The molecule has 2 amide bonds. The molecule has 0 radical (unpaired) electrons. The molecule has 45 heavy (non-hydrogen) atoms. The van der Waals surface area contributed by atoms with Crippen LogP contribution in [0.25, 0.3) is 11.3 Å². The van der Waals surface area contributed by atoms with E-state index in [-0.39, 0.29) is 35.6 Å². The molecule has 3 heterocycles. The van der Waals surface area contributed by atoms with Crippen molar-refractivity contribution in [1.82, 2.24) is 24.8 Å². The second kappa shape index (κ2) is 15.3. The Morgan fingerprint density at radius 1 is 0.978 bits per heavy atom. The average molecular weight is 645 g/mol. The fourth-order valence-electron chi connectivity index (χ4n) is 4.85. The van der Waals surface area contributed by atoms with Crippen molar-refractivity contribution in [2.45, 2.75) is 24.4 Å². The number of anilines is 2. The van der Waals surface area contributed by atoms with Gasteiger partial charge < -0.3 is 20.7 Å². The highest BCUT2D eigenvalue weighted by atomic mass is 35.5. The first-order valence-corrected chi connectivity index (χ1v) is 15.0. The Kier molecular flexibility index (Phi) is 11.3. The summed E-state index contributed by atoms with van der Waals surface area (Å²) in [6.07, 6.45) is 0. The van der Waals surface area contributed by atoms with Crippen LogP contribution < -0.4 is 15.8 Å². The van der Waals surface area contributed by atoms with Crippen molar-refractivity contribution >= 4 is 47.5 Å². The lowest BCUT2D eigenvalue weighted by Gasteiger charge is -2.34. The minimum absolute atomic E-state index is 0. The van der Waals surface area contributed by atoms with Crippen LogP contribution in [0.3, 0.4) is 0 Å². The van der Waals surface area contributed by atoms with Gasteiger partial charge in [-0.05, 0) is 48.5 Å². The quantitative estimate of drug-likeness (QED) is 0.195. The number of nitrogens with zero attached hydrogens (tertiary/aromatic N) is 6. The van der Waals surface area contributed by atoms with E-state index < -0.39 is 0 Å². The highest BCUT2D eigenvalue weighted by molar-refractivity contribution is 7.98. The van der Waals surface area contributed by atoms with E-state index in [0.29, 0.717) is 53.1 Å². The van der Waals surface area contributed by atoms with Gasteiger partial charge in [-0.25, -0.2) is 9.97 Å². The summed E-state index contributed by atoms with van der Waals surface area (Å²) in [7, 11) is 1.61. The number of carbonyl (C=O) groups excluding carboxylic acids is 2. The molecule has 5 rings (SSSR count). The van der Waals surface area contributed by atoms with Gasteiger partial charge >= 0.3 is 0 Å². The number of halogens is 1. The standard InChI is InChI=1S/C32H32N8O3S.ClH/c1-21(41)35-24-10-6-22(7-11-24)29-28(18-33)30(34)38-32(37-29)44-20-26-5-3-4-25(36-26)19-39-14-16-40(17-15-39)31(42)23-8-12-27(43-2)13-9-23;/h3-13H,14-17,19-20H2,1-2H3,(H,35,41)(H2,34,37,38);1H. The minimum Gasteiger partial charge on any atom is -0.497 e. The van der Waals surface area contributed by atoms with E-state index in [1.54, 1.807) is 55.6 Å². The van der Waals surface area contributed by atoms with Crippen molar-refractivity contribution in [2.75, 3.05) is 44.3 Å². The molecular formula is C32H33ClN8O3S. The molecule has 2 aromatic heterocycles. The average Bonchev–Trinajstić information content (AvgIpc) is 3.04. The summed E-state index contributed by atoms with van der Waals surface area (Å²) in [5, 5.41) is 12.9. The molecule has 0 spiro atoms. The number of ether oxygens (including phenoxy) is 1. The summed E-state index contributed by atoms with van der Waals surface area (Å²) in [4.78, 5) is 42.3. The van der Waals surface area contributed by atoms with E-state index >= 15 is 0 Å². The first-order valence-electron chi connectivity index (χ1n) is 14.0. The van der Waals surface area contributed by atoms with Crippen molar-refractivity contribution < 1.29 is 14.3 Å². The highest BCUT2D eigenvalue weighted by Gasteiger charge is 2.22. The maximum Gasteiger partial charge on any atom is 0.253 e. The predicted molar refractivity (Wildman–Crippen MR) is 176 cm³/mol. The summed E-state index contributed by atoms with van der Waals surface area (Å²) in [5.74, 6) is 1.21. The van der Waals surface area contributed by atoms with Crippen LogP contribution >= 0.6 is 24.2 Å². The molecule has 2 aromatic carbocycles. The second-order valence-corrected chi connectivity index (χ2v) is 11.1. The third-order valence-corrected chi connectivity index (χ3v) is 7.98. The van der Waals surface area contributed by atoms with Gasteiger partial charge in [-0.2, -0.15) is 5.26 Å². The van der Waals surface area contributed by atoms with Crippen molar-refractivity contribution in [3.05, 3.63) is 89.2 Å². The Morgan fingerprint density at radius 2 is 1.67 bits per heavy atom. The fourth-order valence-corrected chi connectivity index (χ4v) is 5.60. The molecule has 0 unspecified atom stereocenters. The summed E-state index contributed by atoms with van der Waals surface area (Å²) >= 11 is 1.39. The second-order valence-electron chi connectivity index (χ2n) is 10.2. The maximum absolute atomic E-state index is 12.9. The zero-order valence-corrected chi connectivity index (χ0v) is 26.5. The van der Waals surface area contributed by atoms with Crippen LogP contribution in [0.4, 0.5) is 11.5 Å². The lowest BCUT2D eigenvalue weighted by atomic mass is 10.1. The van der Waals surface area contributed by atoms with E-state index in [4.69, 9.17) is 15.5 Å². The number of thioether (sulfide) groups is 1. The molecule has 0 aliphatic carbocycles. The number of hydrogen-bond acceptors (Lipinski definition) is 10. The Hall–Kier alpha value is -4.70.